The number of nitrogens with one attached hydrogen (secondary N) is 1. The third kappa shape index (κ3) is 5.82. The highest BCUT2D eigenvalue weighted by molar-refractivity contribution is 8.00. The predicted molar refractivity (Wildman–Crippen MR) is 86.0 cm³/mol. The van der Waals surface area contributed by atoms with Crippen LogP contribution in [0.25, 0.3) is 0 Å². The van der Waals surface area contributed by atoms with Gasteiger partial charge in [0.25, 0.3) is 0 Å². The average molecular weight is 295 g/mol. The molecule has 4 nitrogen and oxygen atoms in total. The molecule has 1 N–H and O–H groups in total. The molecule has 0 spiro atoms. The summed E-state index contributed by atoms with van der Waals surface area (Å²) in [4.78, 5) is 17.9. The van der Waals surface area contributed by atoms with Gasteiger partial charge in [-0.3, -0.25) is 4.98 Å². The summed E-state index contributed by atoms with van der Waals surface area (Å²) < 4.78 is 0.236. The summed E-state index contributed by atoms with van der Waals surface area (Å²) in [5.41, 5.74) is 1.04. The van der Waals surface area contributed by atoms with Crippen molar-refractivity contribution in [1.82, 2.24) is 15.2 Å². The minimum Gasteiger partial charge on any atom is -0.337 e. The molecule has 1 atom stereocenters. The summed E-state index contributed by atoms with van der Waals surface area (Å²) >= 11 is 1.85. The lowest BCUT2D eigenvalue weighted by molar-refractivity contribution is 0.195. The zero-order valence-corrected chi connectivity index (χ0v) is 13.8. The van der Waals surface area contributed by atoms with Gasteiger partial charge in [0.2, 0.25) is 0 Å². The van der Waals surface area contributed by atoms with Crippen molar-refractivity contribution in [3.63, 3.8) is 0 Å². The second-order valence-corrected chi connectivity index (χ2v) is 7.69. The third-order valence-electron chi connectivity index (χ3n) is 2.98. The summed E-state index contributed by atoms with van der Waals surface area (Å²) in [5.74, 6) is 0.921. The summed E-state index contributed by atoms with van der Waals surface area (Å²) in [5, 5.41) is 2.95. The molecule has 0 fully saturated rings. The van der Waals surface area contributed by atoms with Crippen molar-refractivity contribution >= 4 is 17.8 Å². The van der Waals surface area contributed by atoms with Crippen LogP contribution in [0.5, 0.6) is 0 Å². The fraction of sp³-hybridized carbons (Fsp3) is 0.600. The first kappa shape index (κ1) is 16.8. The molecule has 112 valence electrons. The number of hydrogen-bond acceptors (Lipinski definition) is 3. The molecule has 2 amide bonds. The minimum atomic E-state index is -0.0455. The zero-order chi connectivity index (χ0) is 15.2. The monoisotopic (exact) mass is 295 g/mol. The van der Waals surface area contributed by atoms with Crippen LogP contribution in [0, 0.1) is 0 Å². The third-order valence-corrected chi connectivity index (χ3v) is 4.26. The number of carbonyl (C=O) groups is 1. The van der Waals surface area contributed by atoms with E-state index in [-0.39, 0.29) is 16.8 Å². The lowest BCUT2D eigenvalue weighted by atomic mass is 10.1. The molecule has 1 rings (SSSR count). The van der Waals surface area contributed by atoms with Gasteiger partial charge in [0.05, 0.1) is 6.04 Å². The predicted octanol–water partition coefficient (Wildman–Crippen LogP) is 3.32. The van der Waals surface area contributed by atoms with Crippen LogP contribution in [0.15, 0.2) is 24.5 Å². The molecule has 1 aromatic heterocycles. The summed E-state index contributed by atoms with van der Waals surface area (Å²) in [6.07, 6.45) is 3.53. The zero-order valence-electron chi connectivity index (χ0n) is 13.0. The van der Waals surface area contributed by atoms with Crippen molar-refractivity contribution in [2.24, 2.45) is 0 Å². The van der Waals surface area contributed by atoms with Crippen LogP contribution in [-0.4, -0.2) is 40.0 Å². The van der Waals surface area contributed by atoms with Gasteiger partial charge in [-0.2, -0.15) is 11.8 Å². The second-order valence-electron chi connectivity index (χ2n) is 5.77. The maximum atomic E-state index is 12.1. The molecule has 0 radical (unpaired) electrons. The number of rotatable bonds is 5. The molecule has 0 aromatic carbocycles. The fourth-order valence-corrected chi connectivity index (χ4v) is 2.48. The molecule has 1 heterocycles. The van der Waals surface area contributed by atoms with Crippen LogP contribution in [0.3, 0.4) is 0 Å². The van der Waals surface area contributed by atoms with Crippen LogP contribution >= 0.6 is 11.8 Å². The Morgan fingerprint density at radius 2 is 2.20 bits per heavy atom. The van der Waals surface area contributed by atoms with Crippen molar-refractivity contribution < 1.29 is 4.79 Å². The van der Waals surface area contributed by atoms with Gasteiger partial charge in [-0.05, 0) is 18.6 Å². The molecule has 0 aliphatic carbocycles. The molecule has 0 unspecified atom stereocenters. The first-order chi connectivity index (χ1) is 9.31. The number of thioether (sulfide) groups is 1. The van der Waals surface area contributed by atoms with E-state index in [2.05, 4.69) is 31.1 Å². The van der Waals surface area contributed by atoms with Gasteiger partial charge in [0, 0.05) is 36.5 Å². The lowest BCUT2D eigenvalue weighted by Crippen LogP contribution is -2.39. The highest BCUT2D eigenvalue weighted by Gasteiger charge is 2.17. The van der Waals surface area contributed by atoms with Gasteiger partial charge in [0.15, 0.2) is 0 Å². The number of carbonyl (C=O) groups excluding carboxylic acids is 1. The maximum Gasteiger partial charge on any atom is 0.317 e. The first-order valence-electron chi connectivity index (χ1n) is 6.86. The van der Waals surface area contributed by atoms with E-state index < -0.39 is 0 Å². The standard InChI is InChI=1S/C15H25N3OS/c1-12(13-7-6-8-16-11-13)18(5)14(19)17-9-10-20-15(2,3)4/h6-8,11-12H,9-10H2,1-5H3,(H,17,19)/t12-/m1/s1. The molecule has 0 saturated heterocycles. The fourth-order valence-electron chi connectivity index (χ4n) is 1.66. The largest absolute Gasteiger partial charge is 0.337 e. The topological polar surface area (TPSA) is 45.2 Å². The van der Waals surface area contributed by atoms with E-state index in [0.717, 1.165) is 11.3 Å². The quantitative estimate of drug-likeness (QED) is 0.848. The first-order valence-corrected chi connectivity index (χ1v) is 7.84. The molecule has 0 saturated carbocycles. The second kappa shape index (κ2) is 7.53. The average Bonchev–Trinajstić information content (AvgIpc) is 2.41. The van der Waals surface area contributed by atoms with Crippen LogP contribution < -0.4 is 5.32 Å². The van der Waals surface area contributed by atoms with Gasteiger partial charge in [-0.25, -0.2) is 4.79 Å². The van der Waals surface area contributed by atoms with Crippen molar-refractivity contribution in [3.8, 4) is 0 Å². The normalized spacial score (nSPS) is 12.8. The van der Waals surface area contributed by atoms with Gasteiger partial charge in [-0.15, -0.1) is 0 Å². The Kier molecular flexibility index (Phi) is 6.33. The van der Waals surface area contributed by atoms with Crippen molar-refractivity contribution in [2.45, 2.75) is 38.5 Å². The van der Waals surface area contributed by atoms with E-state index in [1.165, 1.54) is 0 Å². The Balaban J connectivity index is 2.39. The van der Waals surface area contributed by atoms with E-state index in [0.29, 0.717) is 6.54 Å². The molecule has 5 heteroatoms. The molecular formula is C15H25N3OS. The van der Waals surface area contributed by atoms with Crippen molar-refractivity contribution in [3.05, 3.63) is 30.1 Å². The van der Waals surface area contributed by atoms with E-state index in [4.69, 9.17) is 0 Å². The minimum absolute atomic E-state index is 0.0129. The van der Waals surface area contributed by atoms with Gasteiger partial charge >= 0.3 is 6.03 Å². The van der Waals surface area contributed by atoms with Gasteiger partial charge in [-0.1, -0.05) is 26.8 Å². The van der Waals surface area contributed by atoms with Crippen molar-refractivity contribution in [1.29, 1.82) is 0 Å². The number of aromatic nitrogens is 1. The summed E-state index contributed by atoms with van der Waals surface area (Å²) in [6, 6.07) is 3.84. The SMILES string of the molecule is C[C@H](c1cccnc1)N(C)C(=O)NCCSC(C)(C)C. The number of hydrogen-bond donors (Lipinski definition) is 1. The summed E-state index contributed by atoms with van der Waals surface area (Å²) in [6.45, 7) is 9.22. The smallest absolute Gasteiger partial charge is 0.317 e. The number of pyridine rings is 1. The van der Waals surface area contributed by atoms with Crippen LogP contribution in [-0.2, 0) is 0 Å². The van der Waals surface area contributed by atoms with Crippen LogP contribution in [0.1, 0.15) is 39.3 Å². The Morgan fingerprint density at radius 1 is 1.50 bits per heavy atom. The van der Waals surface area contributed by atoms with E-state index in [9.17, 15) is 4.79 Å². The molecule has 1 aromatic rings. The Bertz CT molecular complexity index is 417. The van der Waals surface area contributed by atoms with Crippen LogP contribution in [0.4, 0.5) is 4.79 Å². The van der Waals surface area contributed by atoms with Crippen LogP contribution in [0.2, 0.25) is 0 Å². The van der Waals surface area contributed by atoms with E-state index >= 15 is 0 Å². The summed E-state index contributed by atoms with van der Waals surface area (Å²) in [7, 11) is 1.81. The van der Waals surface area contributed by atoms with E-state index in [1.54, 1.807) is 17.3 Å². The Hall–Kier alpha value is -1.23. The highest BCUT2D eigenvalue weighted by Crippen LogP contribution is 2.22. The lowest BCUT2D eigenvalue weighted by Gasteiger charge is -2.25. The number of amides is 2. The molecule has 0 aliphatic rings. The maximum absolute atomic E-state index is 12.1. The van der Waals surface area contributed by atoms with Gasteiger partial charge in [0.1, 0.15) is 0 Å². The van der Waals surface area contributed by atoms with Gasteiger partial charge < -0.3 is 10.2 Å². The Labute approximate surface area is 126 Å². The number of nitrogens with zero attached hydrogens (tertiary/aromatic N) is 2. The number of urea groups is 1. The highest BCUT2D eigenvalue weighted by atomic mass is 32.2. The molecular weight excluding hydrogens is 270 g/mol. The molecule has 0 aliphatic heterocycles. The van der Waals surface area contributed by atoms with Crippen molar-refractivity contribution in [2.75, 3.05) is 19.3 Å². The molecule has 20 heavy (non-hydrogen) atoms. The van der Waals surface area contributed by atoms with E-state index in [1.807, 2.05) is 37.9 Å². The Morgan fingerprint density at radius 3 is 2.75 bits per heavy atom. The molecule has 0 bridgehead atoms.